The summed E-state index contributed by atoms with van der Waals surface area (Å²) < 4.78 is 43.7. The maximum Gasteiger partial charge on any atom is 0.284 e. The molecule has 3 fully saturated rings. The Kier molecular flexibility index (Phi) is 6.16. The van der Waals surface area contributed by atoms with E-state index in [2.05, 4.69) is 15.5 Å². The van der Waals surface area contributed by atoms with Gasteiger partial charge in [-0.15, -0.1) is 0 Å². The lowest BCUT2D eigenvalue weighted by Gasteiger charge is -2.43. The molecule has 30 heavy (non-hydrogen) atoms. The highest BCUT2D eigenvalue weighted by Crippen LogP contribution is 2.39. The molecule has 0 spiro atoms. The molecule has 168 valence electrons. The third-order valence-electron chi connectivity index (χ3n) is 6.42. The summed E-state index contributed by atoms with van der Waals surface area (Å²) in [6, 6.07) is 0.779. The van der Waals surface area contributed by atoms with Crippen molar-refractivity contribution in [2.75, 3.05) is 13.1 Å². The quantitative estimate of drug-likeness (QED) is 0.572. The predicted octanol–water partition coefficient (Wildman–Crippen LogP) is 1.22. The topological polar surface area (TPSA) is 124 Å². The van der Waals surface area contributed by atoms with Gasteiger partial charge in [0.15, 0.2) is 6.30 Å². The standard InChI is InChI=1S/C19H31FN6O3S/c1-2-15-9-14(22-19(27)17-11-16(23-24-17)12-3-4-12)10-18(20)26(15)30(28,29)25-7-5-13(21)6-8-25/h11-15,18H,2-10,21H2,1H3,(H,22,27)(H,23,24)/t14-,15+,18+/m1/s1. The van der Waals surface area contributed by atoms with Crippen molar-refractivity contribution in [1.29, 1.82) is 0 Å². The second-order valence-corrected chi connectivity index (χ2v) is 10.5. The number of alkyl halides is 1. The van der Waals surface area contributed by atoms with Crippen molar-refractivity contribution in [2.24, 2.45) is 5.73 Å². The monoisotopic (exact) mass is 442 g/mol. The van der Waals surface area contributed by atoms with Gasteiger partial charge in [-0.1, -0.05) is 6.92 Å². The summed E-state index contributed by atoms with van der Waals surface area (Å²) in [7, 11) is -3.92. The summed E-state index contributed by atoms with van der Waals surface area (Å²) in [6.07, 6.45) is 2.42. The van der Waals surface area contributed by atoms with E-state index in [1.165, 1.54) is 4.31 Å². The predicted molar refractivity (Wildman–Crippen MR) is 110 cm³/mol. The van der Waals surface area contributed by atoms with Crippen LogP contribution in [-0.2, 0) is 10.2 Å². The molecule has 9 nitrogen and oxygen atoms in total. The Bertz CT molecular complexity index is 865. The molecule has 0 aromatic carbocycles. The smallest absolute Gasteiger partial charge is 0.284 e. The van der Waals surface area contributed by atoms with Crippen molar-refractivity contribution >= 4 is 16.1 Å². The summed E-state index contributed by atoms with van der Waals surface area (Å²) in [5, 5.41) is 9.81. The first-order chi connectivity index (χ1) is 14.3. The van der Waals surface area contributed by atoms with Crippen molar-refractivity contribution in [3.8, 4) is 0 Å². The summed E-state index contributed by atoms with van der Waals surface area (Å²) >= 11 is 0. The van der Waals surface area contributed by atoms with Crippen LogP contribution in [0, 0.1) is 0 Å². The molecule has 4 rings (SSSR count). The molecule has 1 saturated carbocycles. The van der Waals surface area contributed by atoms with Gasteiger partial charge in [0, 0.05) is 49.2 Å². The van der Waals surface area contributed by atoms with E-state index in [-0.39, 0.29) is 18.4 Å². The van der Waals surface area contributed by atoms with E-state index >= 15 is 4.39 Å². The SMILES string of the molecule is CC[C@H]1C[C@@H](NC(=O)c2cc(C3CC3)[nH]n2)C[C@@H](F)N1S(=O)(=O)N1CCC(N)CC1. The number of carbonyl (C=O) groups is 1. The molecule has 1 aliphatic carbocycles. The van der Waals surface area contributed by atoms with Gasteiger partial charge in [-0.05, 0) is 44.6 Å². The van der Waals surface area contributed by atoms with E-state index in [9.17, 15) is 13.2 Å². The van der Waals surface area contributed by atoms with Gasteiger partial charge in [-0.2, -0.15) is 22.1 Å². The summed E-state index contributed by atoms with van der Waals surface area (Å²) in [4.78, 5) is 12.6. The van der Waals surface area contributed by atoms with Crippen molar-refractivity contribution in [1.82, 2.24) is 24.1 Å². The minimum Gasteiger partial charge on any atom is -0.348 e. The number of amides is 1. The maximum atomic E-state index is 15.2. The van der Waals surface area contributed by atoms with Crippen LogP contribution in [0.5, 0.6) is 0 Å². The fourth-order valence-electron chi connectivity index (χ4n) is 4.45. The van der Waals surface area contributed by atoms with Gasteiger partial charge in [-0.25, -0.2) is 4.39 Å². The van der Waals surface area contributed by atoms with Crippen LogP contribution in [0.15, 0.2) is 6.07 Å². The van der Waals surface area contributed by atoms with Crippen molar-refractivity contribution in [3.05, 3.63) is 17.5 Å². The van der Waals surface area contributed by atoms with E-state index in [0.717, 1.165) is 22.8 Å². The molecule has 0 radical (unpaired) electrons. The molecule has 2 saturated heterocycles. The van der Waals surface area contributed by atoms with E-state index in [4.69, 9.17) is 5.73 Å². The zero-order chi connectivity index (χ0) is 21.5. The summed E-state index contributed by atoms with van der Waals surface area (Å²) in [5.74, 6) is 0.100. The number of piperidine rings is 2. The van der Waals surface area contributed by atoms with E-state index in [1.54, 1.807) is 6.07 Å². The van der Waals surface area contributed by atoms with Gasteiger partial charge < -0.3 is 11.1 Å². The highest BCUT2D eigenvalue weighted by molar-refractivity contribution is 7.86. The normalized spacial score (nSPS) is 29.8. The molecule has 3 heterocycles. The first-order valence-corrected chi connectivity index (χ1v) is 12.2. The fourth-order valence-corrected chi connectivity index (χ4v) is 6.37. The minimum atomic E-state index is -3.92. The van der Waals surface area contributed by atoms with Gasteiger partial charge in [0.1, 0.15) is 5.69 Å². The zero-order valence-electron chi connectivity index (χ0n) is 17.3. The van der Waals surface area contributed by atoms with Crippen LogP contribution in [0.1, 0.15) is 74.0 Å². The molecular weight excluding hydrogens is 411 g/mol. The molecule has 11 heteroatoms. The Morgan fingerprint density at radius 1 is 1.30 bits per heavy atom. The first-order valence-electron chi connectivity index (χ1n) is 10.8. The number of nitrogens with zero attached hydrogens (tertiary/aromatic N) is 3. The molecule has 2 aliphatic heterocycles. The number of nitrogens with two attached hydrogens (primary N) is 1. The Morgan fingerprint density at radius 3 is 2.63 bits per heavy atom. The Morgan fingerprint density at radius 2 is 2.00 bits per heavy atom. The Labute approximate surface area is 176 Å². The number of aromatic amines is 1. The van der Waals surface area contributed by atoms with Gasteiger partial charge in [-0.3, -0.25) is 9.89 Å². The van der Waals surface area contributed by atoms with Crippen molar-refractivity contribution in [3.63, 3.8) is 0 Å². The van der Waals surface area contributed by atoms with Crippen LogP contribution >= 0.6 is 0 Å². The third kappa shape index (κ3) is 4.39. The lowest BCUT2D eigenvalue weighted by Crippen LogP contribution is -2.59. The fraction of sp³-hybridized carbons (Fsp3) is 0.789. The second kappa shape index (κ2) is 8.52. The first kappa shape index (κ1) is 21.7. The number of nitrogens with one attached hydrogen (secondary N) is 2. The number of halogens is 1. The number of rotatable bonds is 6. The maximum absolute atomic E-state index is 15.2. The highest BCUT2D eigenvalue weighted by atomic mass is 32.2. The van der Waals surface area contributed by atoms with Crippen molar-refractivity contribution < 1.29 is 17.6 Å². The van der Waals surface area contributed by atoms with Crippen LogP contribution in [0.3, 0.4) is 0 Å². The van der Waals surface area contributed by atoms with Gasteiger partial charge >= 0.3 is 0 Å². The van der Waals surface area contributed by atoms with Crippen LogP contribution in [0.25, 0.3) is 0 Å². The van der Waals surface area contributed by atoms with E-state index in [0.29, 0.717) is 50.4 Å². The molecule has 1 aromatic heterocycles. The van der Waals surface area contributed by atoms with Gasteiger partial charge in [0.05, 0.1) is 0 Å². The summed E-state index contributed by atoms with van der Waals surface area (Å²) in [6.45, 7) is 2.46. The van der Waals surface area contributed by atoms with Crippen LogP contribution in [0.4, 0.5) is 4.39 Å². The van der Waals surface area contributed by atoms with Gasteiger partial charge in [0.2, 0.25) is 0 Å². The number of hydrogen-bond acceptors (Lipinski definition) is 5. The second-order valence-electron chi connectivity index (χ2n) is 8.70. The number of carbonyl (C=O) groups excluding carboxylic acids is 1. The largest absolute Gasteiger partial charge is 0.348 e. The molecule has 0 unspecified atom stereocenters. The van der Waals surface area contributed by atoms with E-state index < -0.39 is 28.6 Å². The molecule has 1 aromatic rings. The van der Waals surface area contributed by atoms with Gasteiger partial charge in [0.25, 0.3) is 16.1 Å². The molecule has 3 aliphatic rings. The average molecular weight is 443 g/mol. The number of H-pyrrole nitrogens is 1. The Hall–Kier alpha value is -1.56. The van der Waals surface area contributed by atoms with E-state index in [1.807, 2.05) is 6.92 Å². The third-order valence-corrected chi connectivity index (χ3v) is 8.49. The lowest BCUT2D eigenvalue weighted by molar-refractivity contribution is 0.0472. The molecule has 0 bridgehead atoms. The zero-order valence-corrected chi connectivity index (χ0v) is 18.1. The lowest BCUT2D eigenvalue weighted by atomic mass is 9.96. The number of aromatic nitrogens is 2. The Balaban J connectivity index is 1.41. The molecular formula is C19H31FN6O3S. The minimum absolute atomic E-state index is 0.0111. The number of hydrogen-bond donors (Lipinski definition) is 3. The van der Waals surface area contributed by atoms with Crippen LogP contribution in [0.2, 0.25) is 0 Å². The molecule has 4 N–H and O–H groups in total. The van der Waals surface area contributed by atoms with Crippen LogP contribution < -0.4 is 11.1 Å². The molecule has 1 amide bonds. The average Bonchev–Trinajstić information content (AvgIpc) is 3.43. The molecule has 3 atom stereocenters. The van der Waals surface area contributed by atoms with Crippen LogP contribution in [-0.4, -0.2) is 70.6 Å². The summed E-state index contributed by atoms with van der Waals surface area (Å²) in [5.41, 5.74) is 7.12. The van der Waals surface area contributed by atoms with Crippen molar-refractivity contribution in [2.45, 2.75) is 82.2 Å². The highest BCUT2D eigenvalue weighted by Gasteiger charge is 2.45.